The minimum Gasteiger partial charge on any atom is -0.380 e. The molecule has 0 atom stereocenters. The van der Waals surface area contributed by atoms with Gasteiger partial charge in [0.25, 0.3) is 0 Å². The van der Waals surface area contributed by atoms with E-state index < -0.39 is 0 Å². The van der Waals surface area contributed by atoms with Crippen LogP contribution in [0.25, 0.3) is 0 Å². The molecule has 0 radical (unpaired) electrons. The topological polar surface area (TPSA) is 36.9 Å². The Balaban J connectivity index is 0.00000484. The second-order valence-corrected chi connectivity index (χ2v) is 5.30. The summed E-state index contributed by atoms with van der Waals surface area (Å²) in [6.07, 6.45) is 2.29. The molecule has 0 unspecified atom stereocenters. The molecule has 1 aromatic rings. The van der Waals surface area contributed by atoms with Crippen LogP contribution < -0.4 is 5.32 Å². The Morgan fingerprint density at radius 2 is 2.09 bits per heavy atom. The highest BCUT2D eigenvalue weighted by atomic mass is 127. The molecule has 4 nitrogen and oxygen atoms in total. The smallest absolute Gasteiger partial charge is 0.193 e. The second-order valence-electron chi connectivity index (χ2n) is 5.30. The molecule has 0 saturated heterocycles. The number of hydrogen-bond acceptors (Lipinski definition) is 2. The SMILES string of the molecule is CCCCN(C)C(=NCc1ccc(F)c(COC)c1)NCC.I. The molecule has 0 amide bonds. The van der Waals surface area contributed by atoms with E-state index in [9.17, 15) is 4.39 Å². The molecular formula is C17H29FIN3O. The zero-order valence-electron chi connectivity index (χ0n) is 14.6. The van der Waals surface area contributed by atoms with Crippen molar-refractivity contribution in [1.29, 1.82) is 0 Å². The highest BCUT2D eigenvalue weighted by Gasteiger charge is 2.06. The van der Waals surface area contributed by atoms with Gasteiger partial charge in [-0.05, 0) is 31.0 Å². The Labute approximate surface area is 156 Å². The average Bonchev–Trinajstić information content (AvgIpc) is 2.52. The van der Waals surface area contributed by atoms with E-state index in [1.807, 2.05) is 13.1 Å². The summed E-state index contributed by atoms with van der Waals surface area (Å²) in [4.78, 5) is 6.77. The van der Waals surface area contributed by atoms with Crippen molar-refractivity contribution in [3.63, 3.8) is 0 Å². The van der Waals surface area contributed by atoms with E-state index in [-0.39, 0.29) is 36.4 Å². The van der Waals surface area contributed by atoms with Crippen molar-refractivity contribution >= 4 is 29.9 Å². The minimum absolute atomic E-state index is 0. The van der Waals surface area contributed by atoms with Gasteiger partial charge in [-0.2, -0.15) is 0 Å². The lowest BCUT2D eigenvalue weighted by Crippen LogP contribution is -2.39. The normalized spacial score (nSPS) is 11.1. The molecule has 0 aromatic heterocycles. The Kier molecular flexibility index (Phi) is 12.0. The first kappa shape index (κ1) is 22.1. The van der Waals surface area contributed by atoms with E-state index >= 15 is 0 Å². The molecule has 0 fully saturated rings. The monoisotopic (exact) mass is 437 g/mol. The molecular weight excluding hydrogens is 408 g/mol. The van der Waals surface area contributed by atoms with Crippen LogP contribution in [0.4, 0.5) is 4.39 Å². The predicted octanol–water partition coefficient (Wildman–Crippen LogP) is 3.79. The Morgan fingerprint density at radius 1 is 1.35 bits per heavy atom. The van der Waals surface area contributed by atoms with E-state index in [1.54, 1.807) is 13.2 Å². The summed E-state index contributed by atoms with van der Waals surface area (Å²) < 4.78 is 18.6. The molecule has 0 aliphatic rings. The number of methoxy groups -OCH3 is 1. The summed E-state index contributed by atoms with van der Waals surface area (Å²) in [5, 5.41) is 3.29. The van der Waals surface area contributed by atoms with Crippen molar-refractivity contribution in [2.45, 2.75) is 39.8 Å². The van der Waals surface area contributed by atoms with Crippen LogP contribution in [0.5, 0.6) is 0 Å². The Bertz CT molecular complexity index is 483. The van der Waals surface area contributed by atoms with Crippen LogP contribution in [0.1, 0.15) is 37.8 Å². The Hall–Kier alpha value is -0.890. The fourth-order valence-corrected chi connectivity index (χ4v) is 2.13. The highest BCUT2D eigenvalue weighted by molar-refractivity contribution is 14.0. The third-order valence-electron chi connectivity index (χ3n) is 3.36. The van der Waals surface area contributed by atoms with Crippen molar-refractivity contribution in [2.75, 3.05) is 27.2 Å². The van der Waals surface area contributed by atoms with E-state index in [4.69, 9.17) is 4.74 Å². The fourth-order valence-electron chi connectivity index (χ4n) is 2.13. The standard InChI is InChI=1S/C17H28FN3O.HI/c1-5-7-10-21(3)17(19-6-2)20-12-14-8-9-16(18)15(11-14)13-22-4;/h8-9,11H,5-7,10,12-13H2,1-4H3,(H,19,20);1H. The molecule has 0 aliphatic carbocycles. The summed E-state index contributed by atoms with van der Waals surface area (Å²) >= 11 is 0. The summed E-state index contributed by atoms with van der Waals surface area (Å²) in [5.74, 6) is 0.648. The van der Waals surface area contributed by atoms with Gasteiger partial charge in [-0.1, -0.05) is 19.4 Å². The number of rotatable bonds is 8. The first-order valence-corrected chi connectivity index (χ1v) is 7.88. The molecule has 132 valence electrons. The third kappa shape index (κ3) is 7.97. The fraction of sp³-hybridized carbons (Fsp3) is 0.588. The van der Waals surface area contributed by atoms with Crippen molar-refractivity contribution in [3.8, 4) is 0 Å². The number of nitrogens with one attached hydrogen (secondary N) is 1. The van der Waals surface area contributed by atoms with Crippen LogP contribution in [0, 0.1) is 5.82 Å². The molecule has 0 saturated carbocycles. The Morgan fingerprint density at radius 3 is 2.70 bits per heavy atom. The maximum Gasteiger partial charge on any atom is 0.193 e. The van der Waals surface area contributed by atoms with Gasteiger partial charge in [-0.15, -0.1) is 24.0 Å². The third-order valence-corrected chi connectivity index (χ3v) is 3.36. The summed E-state index contributed by atoms with van der Waals surface area (Å²) in [7, 11) is 3.61. The van der Waals surface area contributed by atoms with Crippen molar-refractivity contribution in [2.24, 2.45) is 4.99 Å². The molecule has 0 bridgehead atoms. The van der Waals surface area contributed by atoms with Crippen LogP contribution in [0.15, 0.2) is 23.2 Å². The number of aliphatic imine (C=N–C) groups is 1. The molecule has 0 aliphatic heterocycles. The molecule has 0 spiro atoms. The van der Waals surface area contributed by atoms with Gasteiger partial charge in [0.1, 0.15) is 5.82 Å². The second kappa shape index (κ2) is 12.5. The highest BCUT2D eigenvalue weighted by Crippen LogP contribution is 2.12. The lowest BCUT2D eigenvalue weighted by atomic mass is 10.1. The number of nitrogens with zero attached hydrogens (tertiary/aromatic N) is 2. The van der Waals surface area contributed by atoms with Crippen molar-refractivity contribution < 1.29 is 9.13 Å². The number of unbranched alkanes of at least 4 members (excludes halogenated alkanes) is 1. The first-order chi connectivity index (χ1) is 10.6. The van der Waals surface area contributed by atoms with Crippen molar-refractivity contribution in [3.05, 3.63) is 35.1 Å². The van der Waals surface area contributed by atoms with E-state index in [1.165, 1.54) is 6.07 Å². The van der Waals surface area contributed by atoms with Gasteiger partial charge < -0.3 is 15.0 Å². The van der Waals surface area contributed by atoms with Gasteiger partial charge in [-0.3, -0.25) is 0 Å². The predicted molar refractivity (Wildman–Crippen MR) is 105 cm³/mol. The largest absolute Gasteiger partial charge is 0.380 e. The van der Waals surface area contributed by atoms with E-state index in [0.717, 1.165) is 37.5 Å². The maximum atomic E-state index is 13.6. The minimum atomic E-state index is -0.235. The van der Waals surface area contributed by atoms with Gasteiger partial charge >= 0.3 is 0 Å². The summed E-state index contributed by atoms with van der Waals surface area (Å²) in [6, 6.07) is 5.07. The van der Waals surface area contributed by atoms with E-state index in [0.29, 0.717) is 12.1 Å². The van der Waals surface area contributed by atoms with E-state index in [2.05, 4.69) is 29.1 Å². The first-order valence-electron chi connectivity index (χ1n) is 7.88. The number of hydrogen-bond donors (Lipinski definition) is 1. The van der Waals surface area contributed by atoms with Crippen LogP contribution in [-0.4, -0.2) is 38.1 Å². The van der Waals surface area contributed by atoms with Gasteiger partial charge in [0.15, 0.2) is 5.96 Å². The summed E-state index contributed by atoms with van der Waals surface area (Å²) in [5.41, 5.74) is 1.55. The van der Waals surface area contributed by atoms with Crippen LogP contribution in [0.3, 0.4) is 0 Å². The van der Waals surface area contributed by atoms with Gasteiger partial charge in [0.2, 0.25) is 0 Å². The molecule has 23 heavy (non-hydrogen) atoms. The lowest BCUT2D eigenvalue weighted by molar-refractivity contribution is 0.181. The molecule has 1 rings (SSSR count). The van der Waals surface area contributed by atoms with Gasteiger partial charge in [0, 0.05) is 32.8 Å². The molecule has 1 N–H and O–H groups in total. The molecule has 1 aromatic carbocycles. The number of guanidine groups is 1. The molecule has 0 heterocycles. The molecule has 6 heteroatoms. The van der Waals surface area contributed by atoms with Gasteiger partial charge in [0.05, 0.1) is 13.2 Å². The van der Waals surface area contributed by atoms with Crippen LogP contribution in [-0.2, 0) is 17.9 Å². The number of benzene rings is 1. The zero-order chi connectivity index (χ0) is 16.4. The summed E-state index contributed by atoms with van der Waals surface area (Å²) in [6.45, 7) is 6.83. The number of ether oxygens (including phenoxy) is 1. The van der Waals surface area contributed by atoms with Gasteiger partial charge in [-0.25, -0.2) is 9.38 Å². The van der Waals surface area contributed by atoms with Crippen LogP contribution in [0.2, 0.25) is 0 Å². The average molecular weight is 437 g/mol. The van der Waals surface area contributed by atoms with Crippen molar-refractivity contribution in [1.82, 2.24) is 10.2 Å². The lowest BCUT2D eigenvalue weighted by Gasteiger charge is -2.21. The number of halogens is 2. The quantitative estimate of drug-likeness (QED) is 0.382. The maximum absolute atomic E-state index is 13.6. The van der Waals surface area contributed by atoms with Crippen LogP contribution >= 0.6 is 24.0 Å². The zero-order valence-corrected chi connectivity index (χ0v) is 16.9.